The van der Waals surface area contributed by atoms with Gasteiger partial charge in [-0.1, -0.05) is 57.6 Å². The molecule has 0 unspecified atom stereocenters. The van der Waals surface area contributed by atoms with Crippen LogP contribution in [0.25, 0.3) is 0 Å². The zero-order chi connectivity index (χ0) is 13.8. The fourth-order valence-electron chi connectivity index (χ4n) is 2.25. The van der Waals surface area contributed by atoms with Crippen molar-refractivity contribution < 1.29 is 4.74 Å². The van der Waals surface area contributed by atoms with Crippen LogP contribution in [0, 0.1) is 0 Å². The van der Waals surface area contributed by atoms with Gasteiger partial charge in [-0.05, 0) is 24.1 Å². The van der Waals surface area contributed by atoms with Crippen LogP contribution in [0.5, 0.6) is 0 Å². The molecule has 1 N–H and O–H groups in total. The van der Waals surface area contributed by atoms with Gasteiger partial charge in [0.1, 0.15) is 0 Å². The first-order valence-corrected chi connectivity index (χ1v) is 7.68. The second kappa shape index (κ2) is 10.9. The Morgan fingerprint density at radius 3 is 2.47 bits per heavy atom. The van der Waals surface area contributed by atoms with Crippen molar-refractivity contribution in [2.75, 3.05) is 19.0 Å². The Hall–Kier alpha value is -1.02. The van der Waals surface area contributed by atoms with Gasteiger partial charge >= 0.3 is 0 Å². The maximum absolute atomic E-state index is 5.14. The Morgan fingerprint density at radius 2 is 1.74 bits per heavy atom. The maximum atomic E-state index is 5.14. The average molecular weight is 263 g/mol. The van der Waals surface area contributed by atoms with Gasteiger partial charge in [0.15, 0.2) is 0 Å². The summed E-state index contributed by atoms with van der Waals surface area (Å²) in [7, 11) is 1.73. The maximum Gasteiger partial charge on any atom is 0.0713 e. The predicted octanol–water partition coefficient (Wildman–Crippen LogP) is 5.00. The Labute approximate surface area is 118 Å². The highest BCUT2D eigenvalue weighted by Crippen LogP contribution is 2.12. The number of hydrogen-bond acceptors (Lipinski definition) is 2. The summed E-state index contributed by atoms with van der Waals surface area (Å²) in [6.07, 6.45) is 9.52. The van der Waals surface area contributed by atoms with E-state index in [4.69, 9.17) is 4.74 Å². The van der Waals surface area contributed by atoms with Crippen LogP contribution in [0.15, 0.2) is 24.3 Å². The Balaban J connectivity index is 2.07. The molecule has 0 aliphatic carbocycles. The van der Waals surface area contributed by atoms with Gasteiger partial charge in [-0.15, -0.1) is 0 Å². The van der Waals surface area contributed by atoms with E-state index in [0.717, 1.165) is 6.54 Å². The molecule has 0 atom stereocenters. The number of rotatable bonds is 11. The third-order valence-electron chi connectivity index (χ3n) is 3.35. The van der Waals surface area contributed by atoms with Gasteiger partial charge < -0.3 is 10.1 Å². The lowest BCUT2D eigenvalue weighted by molar-refractivity contribution is 0.185. The molecule has 19 heavy (non-hydrogen) atoms. The van der Waals surface area contributed by atoms with E-state index in [-0.39, 0.29) is 0 Å². The molecule has 0 radical (unpaired) electrons. The fraction of sp³-hybridized carbons (Fsp3) is 0.647. The molecule has 2 nitrogen and oxygen atoms in total. The SMILES string of the molecule is CCCCCCCCCNc1cccc(COC)c1. The van der Waals surface area contributed by atoms with Gasteiger partial charge in [0.2, 0.25) is 0 Å². The summed E-state index contributed by atoms with van der Waals surface area (Å²) >= 11 is 0. The fourth-order valence-corrected chi connectivity index (χ4v) is 2.25. The number of methoxy groups -OCH3 is 1. The minimum atomic E-state index is 0.687. The molecule has 0 aromatic heterocycles. The third kappa shape index (κ3) is 7.89. The van der Waals surface area contributed by atoms with Crippen molar-refractivity contribution >= 4 is 5.69 Å². The zero-order valence-electron chi connectivity index (χ0n) is 12.6. The molecular formula is C17H29NO. The highest BCUT2D eigenvalue weighted by molar-refractivity contribution is 5.45. The molecule has 0 fully saturated rings. The normalized spacial score (nSPS) is 10.6. The highest BCUT2D eigenvalue weighted by atomic mass is 16.5. The minimum Gasteiger partial charge on any atom is -0.385 e. The van der Waals surface area contributed by atoms with Gasteiger partial charge in [0.25, 0.3) is 0 Å². The molecule has 1 rings (SSSR count). The van der Waals surface area contributed by atoms with Crippen LogP contribution in [-0.4, -0.2) is 13.7 Å². The molecule has 108 valence electrons. The van der Waals surface area contributed by atoms with Crippen LogP contribution in [0.4, 0.5) is 5.69 Å². The van der Waals surface area contributed by atoms with Crippen molar-refractivity contribution in [1.29, 1.82) is 0 Å². The van der Waals surface area contributed by atoms with Gasteiger partial charge in [-0.2, -0.15) is 0 Å². The molecular weight excluding hydrogens is 234 g/mol. The standard InChI is InChI=1S/C17H29NO/c1-3-4-5-6-7-8-9-13-18-17-12-10-11-16(14-17)15-19-2/h10-12,14,18H,3-9,13,15H2,1-2H3. The first-order chi connectivity index (χ1) is 9.36. The van der Waals surface area contributed by atoms with Crippen molar-refractivity contribution in [2.24, 2.45) is 0 Å². The quantitative estimate of drug-likeness (QED) is 0.567. The van der Waals surface area contributed by atoms with E-state index in [1.54, 1.807) is 7.11 Å². The first-order valence-electron chi connectivity index (χ1n) is 7.68. The number of ether oxygens (including phenoxy) is 1. The number of hydrogen-bond donors (Lipinski definition) is 1. The highest BCUT2D eigenvalue weighted by Gasteiger charge is 1.95. The lowest BCUT2D eigenvalue weighted by atomic mass is 10.1. The Morgan fingerprint density at radius 1 is 1.00 bits per heavy atom. The van der Waals surface area contributed by atoms with Crippen LogP contribution in [0.3, 0.4) is 0 Å². The first kappa shape index (κ1) is 16.0. The molecule has 0 spiro atoms. The Bertz CT molecular complexity index is 325. The summed E-state index contributed by atoms with van der Waals surface area (Å²) in [5, 5.41) is 3.49. The molecule has 0 heterocycles. The van der Waals surface area contributed by atoms with Gasteiger partial charge in [0.05, 0.1) is 6.61 Å². The lowest BCUT2D eigenvalue weighted by Gasteiger charge is -2.08. The molecule has 0 saturated carbocycles. The molecule has 0 amide bonds. The smallest absolute Gasteiger partial charge is 0.0713 e. The van der Waals surface area contributed by atoms with E-state index in [2.05, 4.69) is 36.5 Å². The molecule has 1 aromatic rings. The summed E-state index contributed by atoms with van der Waals surface area (Å²) < 4.78 is 5.14. The molecule has 1 aromatic carbocycles. The number of nitrogens with one attached hydrogen (secondary N) is 1. The number of anilines is 1. The van der Waals surface area contributed by atoms with Crippen molar-refractivity contribution in [2.45, 2.75) is 58.5 Å². The summed E-state index contributed by atoms with van der Waals surface area (Å²) in [6, 6.07) is 8.48. The van der Waals surface area contributed by atoms with Crippen LogP contribution >= 0.6 is 0 Å². The summed E-state index contributed by atoms with van der Waals surface area (Å²) in [5.41, 5.74) is 2.44. The molecule has 0 aliphatic heterocycles. The van der Waals surface area contributed by atoms with Crippen molar-refractivity contribution in [1.82, 2.24) is 0 Å². The number of benzene rings is 1. The molecule has 0 saturated heterocycles. The zero-order valence-corrected chi connectivity index (χ0v) is 12.6. The van der Waals surface area contributed by atoms with Gasteiger partial charge in [-0.3, -0.25) is 0 Å². The number of unbranched alkanes of at least 4 members (excludes halogenated alkanes) is 6. The van der Waals surface area contributed by atoms with Crippen molar-refractivity contribution in [3.05, 3.63) is 29.8 Å². The average Bonchev–Trinajstić information content (AvgIpc) is 2.43. The van der Waals surface area contributed by atoms with Crippen LogP contribution in [-0.2, 0) is 11.3 Å². The van der Waals surface area contributed by atoms with Crippen LogP contribution in [0.2, 0.25) is 0 Å². The molecule has 0 aliphatic rings. The minimum absolute atomic E-state index is 0.687. The van der Waals surface area contributed by atoms with E-state index in [1.807, 2.05) is 0 Å². The van der Waals surface area contributed by atoms with Crippen molar-refractivity contribution in [3.8, 4) is 0 Å². The summed E-state index contributed by atoms with van der Waals surface area (Å²) in [6.45, 7) is 4.03. The molecule has 2 heteroatoms. The van der Waals surface area contributed by atoms with E-state index >= 15 is 0 Å². The summed E-state index contributed by atoms with van der Waals surface area (Å²) in [4.78, 5) is 0. The van der Waals surface area contributed by atoms with Crippen LogP contribution < -0.4 is 5.32 Å². The van der Waals surface area contributed by atoms with Gasteiger partial charge in [0, 0.05) is 19.3 Å². The Kier molecular flexibility index (Phi) is 9.17. The lowest BCUT2D eigenvalue weighted by Crippen LogP contribution is -2.02. The summed E-state index contributed by atoms with van der Waals surface area (Å²) in [5.74, 6) is 0. The van der Waals surface area contributed by atoms with E-state index in [0.29, 0.717) is 6.61 Å². The van der Waals surface area contributed by atoms with E-state index < -0.39 is 0 Å². The second-order valence-corrected chi connectivity index (χ2v) is 5.18. The third-order valence-corrected chi connectivity index (χ3v) is 3.35. The predicted molar refractivity (Wildman–Crippen MR) is 83.6 cm³/mol. The second-order valence-electron chi connectivity index (χ2n) is 5.18. The van der Waals surface area contributed by atoms with Gasteiger partial charge in [-0.25, -0.2) is 0 Å². The topological polar surface area (TPSA) is 21.3 Å². The van der Waals surface area contributed by atoms with E-state index in [1.165, 1.54) is 56.2 Å². The van der Waals surface area contributed by atoms with Crippen molar-refractivity contribution in [3.63, 3.8) is 0 Å². The largest absolute Gasteiger partial charge is 0.385 e. The van der Waals surface area contributed by atoms with E-state index in [9.17, 15) is 0 Å². The van der Waals surface area contributed by atoms with Crippen LogP contribution in [0.1, 0.15) is 57.4 Å². The molecule has 0 bridgehead atoms. The monoisotopic (exact) mass is 263 g/mol.